The van der Waals surface area contributed by atoms with Crippen LogP contribution < -0.4 is 5.32 Å². The lowest BCUT2D eigenvalue weighted by Gasteiger charge is -2.31. The Bertz CT molecular complexity index is 373. The van der Waals surface area contributed by atoms with E-state index >= 15 is 0 Å². The molecule has 102 valence electrons. The molecule has 1 heterocycles. The molecule has 0 atom stereocenters. The normalized spacial score (nSPS) is 24.5. The van der Waals surface area contributed by atoms with Crippen LogP contribution in [0.15, 0.2) is 6.20 Å². The van der Waals surface area contributed by atoms with Gasteiger partial charge in [0.2, 0.25) is 0 Å². The van der Waals surface area contributed by atoms with Crippen molar-refractivity contribution in [1.82, 2.24) is 9.78 Å². The third-order valence-electron chi connectivity index (χ3n) is 4.31. The molecule has 1 aromatic rings. The Morgan fingerprint density at radius 3 is 2.56 bits per heavy atom. The number of hydrogen-bond donors (Lipinski definition) is 1. The number of hydrogen-bond acceptors (Lipinski definition) is 2. The number of anilines is 1. The minimum Gasteiger partial charge on any atom is -0.380 e. The largest absolute Gasteiger partial charge is 0.380 e. The van der Waals surface area contributed by atoms with Gasteiger partial charge in [0.1, 0.15) is 0 Å². The maximum atomic E-state index is 4.49. The fourth-order valence-corrected chi connectivity index (χ4v) is 3.07. The summed E-state index contributed by atoms with van der Waals surface area (Å²) in [4.78, 5) is 0. The van der Waals surface area contributed by atoms with E-state index in [0.29, 0.717) is 6.04 Å². The predicted molar refractivity (Wildman–Crippen MR) is 76.8 cm³/mol. The fourth-order valence-electron chi connectivity index (χ4n) is 3.07. The van der Waals surface area contributed by atoms with Crippen molar-refractivity contribution in [2.24, 2.45) is 18.9 Å². The maximum absolute atomic E-state index is 4.49. The van der Waals surface area contributed by atoms with Crippen molar-refractivity contribution < 1.29 is 0 Å². The summed E-state index contributed by atoms with van der Waals surface area (Å²) < 4.78 is 1.92. The molecular formula is C15H27N3. The molecule has 0 bridgehead atoms. The molecular weight excluding hydrogens is 222 g/mol. The number of rotatable bonds is 4. The summed E-state index contributed by atoms with van der Waals surface area (Å²) >= 11 is 0. The Balaban J connectivity index is 1.91. The molecule has 0 aromatic carbocycles. The van der Waals surface area contributed by atoms with E-state index in [4.69, 9.17) is 0 Å². The third-order valence-corrected chi connectivity index (χ3v) is 4.31. The lowest BCUT2D eigenvalue weighted by atomic mass is 9.79. The minimum absolute atomic E-state index is 0.648. The molecule has 2 rings (SSSR count). The highest BCUT2D eigenvalue weighted by atomic mass is 15.3. The van der Waals surface area contributed by atoms with Gasteiger partial charge in [-0.05, 0) is 43.9 Å². The minimum atomic E-state index is 0.648. The Labute approximate surface area is 111 Å². The van der Waals surface area contributed by atoms with Gasteiger partial charge in [-0.1, -0.05) is 20.8 Å². The predicted octanol–water partition coefficient (Wildman–Crippen LogP) is 3.61. The Hall–Kier alpha value is -0.990. The van der Waals surface area contributed by atoms with Crippen molar-refractivity contribution in [3.05, 3.63) is 11.9 Å². The summed E-state index contributed by atoms with van der Waals surface area (Å²) in [6, 6.07) is 0.648. The molecule has 3 nitrogen and oxygen atoms in total. The zero-order valence-electron chi connectivity index (χ0n) is 12.2. The van der Waals surface area contributed by atoms with Crippen LogP contribution in [0.3, 0.4) is 0 Å². The van der Waals surface area contributed by atoms with E-state index in [9.17, 15) is 0 Å². The van der Waals surface area contributed by atoms with Crippen LogP contribution in [0.2, 0.25) is 0 Å². The lowest BCUT2D eigenvalue weighted by molar-refractivity contribution is 0.267. The Morgan fingerprint density at radius 2 is 2.00 bits per heavy atom. The summed E-state index contributed by atoms with van der Waals surface area (Å²) in [5.74, 6) is 1.78. The number of aromatic nitrogens is 2. The molecule has 1 aromatic heterocycles. The van der Waals surface area contributed by atoms with Gasteiger partial charge >= 0.3 is 0 Å². The van der Waals surface area contributed by atoms with Crippen molar-refractivity contribution >= 4 is 5.69 Å². The lowest BCUT2D eigenvalue weighted by Crippen LogP contribution is -2.28. The summed E-state index contributed by atoms with van der Waals surface area (Å²) in [6.45, 7) is 6.88. The highest BCUT2D eigenvalue weighted by Gasteiger charge is 2.23. The molecule has 0 amide bonds. The number of nitrogens with zero attached hydrogens (tertiary/aromatic N) is 2. The van der Waals surface area contributed by atoms with Gasteiger partial charge in [-0.3, -0.25) is 4.68 Å². The molecule has 0 saturated heterocycles. The first kappa shape index (κ1) is 13.4. The molecule has 0 aliphatic heterocycles. The van der Waals surface area contributed by atoms with Crippen molar-refractivity contribution in [1.29, 1.82) is 0 Å². The molecule has 1 fully saturated rings. The molecule has 0 unspecified atom stereocenters. The molecule has 0 radical (unpaired) electrons. The van der Waals surface area contributed by atoms with E-state index in [1.807, 2.05) is 11.7 Å². The van der Waals surface area contributed by atoms with E-state index in [1.54, 1.807) is 0 Å². The van der Waals surface area contributed by atoms with E-state index in [2.05, 4.69) is 37.4 Å². The quantitative estimate of drug-likeness (QED) is 0.883. The molecule has 1 aliphatic rings. The molecule has 18 heavy (non-hydrogen) atoms. The first-order valence-corrected chi connectivity index (χ1v) is 7.39. The van der Waals surface area contributed by atoms with Crippen LogP contribution in [0.5, 0.6) is 0 Å². The average molecular weight is 249 g/mol. The molecule has 1 aliphatic carbocycles. The smallest absolute Gasteiger partial charge is 0.0853 e. The highest BCUT2D eigenvalue weighted by Crippen LogP contribution is 2.31. The molecule has 0 spiro atoms. The highest BCUT2D eigenvalue weighted by molar-refractivity contribution is 5.47. The van der Waals surface area contributed by atoms with Crippen molar-refractivity contribution in [3.63, 3.8) is 0 Å². The van der Waals surface area contributed by atoms with E-state index in [-0.39, 0.29) is 0 Å². The SMILES string of the molecule is CCc1nn(C)cc1NC1CCC(C(C)C)CC1. The third kappa shape index (κ3) is 3.06. The summed E-state index contributed by atoms with van der Waals surface area (Å²) in [5, 5.41) is 8.19. The van der Waals surface area contributed by atoms with Crippen LogP contribution in [0.25, 0.3) is 0 Å². The second-order valence-corrected chi connectivity index (χ2v) is 6.02. The van der Waals surface area contributed by atoms with Gasteiger partial charge in [0.15, 0.2) is 0 Å². The van der Waals surface area contributed by atoms with Gasteiger partial charge in [-0.15, -0.1) is 0 Å². The van der Waals surface area contributed by atoms with Crippen LogP contribution in [-0.4, -0.2) is 15.8 Å². The number of nitrogens with one attached hydrogen (secondary N) is 1. The second kappa shape index (κ2) is 5.77. The van der Waals surface area contributed by atoms with Gasteiger partial charge in [0, 0.05) is 19.3 Å². The molecule has 1 N–H and O–H groups in total. The van der Waals surface area contributed by atoms with Crippen LogP contribution in [0.1, 0.15) is 52.1 Å². The summed E-state index contributed by atoms with van der Waals surface area (Å²) in [6.07, 6.45) is 8.48. The van der Waals surface area contributed by atoms with Gasteiger partial charge in [-0.25, -0.2) is 0 Å². The molecule has 1 saturated carbocycles. The van der Waals surface area contributed by atoms with Crippen LogP contribution >= 0.6 is 0 Å². The Morgan fingerprint density at radius 1 is 1.33 bits per heavy atom. The van der Waals surface area contributed by atoms with Gasteiger partial charge < -0.3 is 5.32 Å². The molecule has 3 heteroatoms. The van der Waals surface area contributed by atoms with E-state index in [0.717, 1.165) is 18.3 Å². The first-order valence-electron chi connectivity index (χ1n) is 7.39. The van der Waals surface area contributed by atoms with E-state index in [1.165, 1.54) is 37.1 Å². The van der Waals surface area contributed by atoms with Crippen LogP contribution in [-0.2, 0) is 13.5 Å². The summed E-state index contributed by atoms with van der Waals surface area (Å²) in [7, 11) is 2.00. The number of aryl methyl sites for hydroxylation is 2. The first-order chi connectivity index (χ1) is 8.60. The zero-order valence-corrected chi connectivity index (χ0v) is 12.2. The fraction of sp³-hybridized carbons (Fsp3) is 0.800. The second-order valence-electron chi connectivity index (χ2n) is 6.02. The van der Waals surface area contributed by atoms with Gasteiger partial charge in [-0.2, -0.15) is 5.10 Å². The average Bonchev–Trinajstić information content (AvgIpc) is 2.70. The zero-order chi connectivity index (χ0) is 13.1. The summed E-state index contributed by atoms with van der Waals surface area (Å²) in [5.41, 5.74) is 2.44. The van der Waals surface area contributed by atoms with Crippen LogP contribution in [0.4, 0.5) is 5.69 Å². The van der Waals surface area contributed by atoms with Crippen molar-refractivity contribution in [2.45, 2.75) is 58.9 Å². The Kier molecular flexibility index (Phi) is 4.31. The van der Waals surface area contributed by atoms with Crippen molar-refractivity contribution in [2.75, 3.05) is 5.32 Å². The van der Waals surface area contributed by atoms with E-state index < -0.39 is 0 Å². The van der Waals surface area contributed by atoms with Crippen LogP contribution in [0, 0.1) is 11.8 Å². The van der Waals surface area contributed by atoms with Crippen molar-refractivity contribution in [3.8, 4) is 0 Å². The van der Waals surface area contributed by atoms with Gasteiger partial charge in [0.25, 0.3) is 0 Å². The monoisotopic (exact) mass is 249 g/mol. The topological polar surface area (TPSA) is 29.9 Å². The standard InChI is InChI=1S/C15H27N3/c1-5-14-15(10-18(4)17-14)16-13-8-6-12(7-9-13)11(2)3/h10-13,16H,5-9H2,1-4H3. The maximum Gasteiger partial charge on any atom is 0.0853 e. The van der Waals surface area contributed by atoms with Gasteiger partial charge in [0.05, 0.1) is 11.4 Å².